The number of nitro groups is 1. The highest BCUT2D eigenvalue weighted by Crippen LogP contribution is 2.68. The van der Waals surface area contributed by atoms with Gasteiger partial charge in [0.25, 0.3) is 5.69 Å². The molecule has 3 aromatic carbocycles. The molecule has 1 amide bonds. The van der Waals surface area contributed by atoms with Crippen LogP contribution < -0.4 is 15.0 Å². The molecule has 1 aliphatic carbocycles. The minimum Gasteiger partial charge on any atom is -0.496 e. The van der Waals surface area contributed by atoms with Crippen molar-refractivity contribution in [2.75, 3.05) is 65.4 Å². The number of nitrogens with zero attached hydrogens (tertiary/aromatic N) is 4. The van der Waals surface area contributed by atoms with Gasteiger partial charge in [-0.05, 0) is 85.5 Å². The smallest absolute Gasteiger partial charge is 0.407 e. The highest BCUT2D eigenvalue weighted by molar-refractivity contribution is 5.94. The van der Waals surface area contributed by atoms with E-state index in [1.54, 1.807) is 7.11 Å². The molecule has 69 heavy (non-hydrogen) atoms. The van der Waals surface area contributed by atoms with Gasteiger partial charge in [-0.25, -0.2) is 4.79 Å². The lowest BCUT2D eigenvalue weighted by molar-refractivity contribution is -0.384. The predicted molar refractivity (Wildman–Crippen MR) is 258 cm³/mol. The Hall–Kier alpha value is -6.23. The van der Waals surface area contributed by atoms with Gasteiger partial charge in [0, 0.05) is 103 Å². The zero-order valence-corrected chi connectivity index (χ0v) is 40.2. The van der Waals surface area contributed by atoms with Crippen LogP contribution >= 0.6 is 0 Å². The van der Waals surface area contributed by atoms with E-state index in [0.29, 0.717) is 55.6 Å². The van der Waals surface area contributed by atoms with Gasteiger partial charge in [-0.1, -0.05) is 55.8 Å². The van der Waals surface area contributed by atoms with Crippen LogP contribution in [0, 0.1) is 21.4 Å². The second-order valence-corrected chi connectivity index (χ2v) is 20.0. The molecule has 3 N–H and O–H groups in total. The Labute approximate surface area is 401 Å². The number of rotatable bonds is 11. The Kier molecular flexibility index (Phi) is 11.7. The van der Waals surface area contributed by atoms with Crippen molar-refractivity contribution < 1.29 is 43.4 Å². The van der Waals surface area contributed by atoms with E-state index in [1.807, 2.05) is 25.2 Å². The summed E-state index contributed by atoms with van der Waals surface area (Å²) in [5.41, 5.74) is 1.88. The Morgan fingerprint density at radius 1 is 1.03 bits per heavy atom. The predicted octanol–water partition coefficient (Wildman–Crippen LogP) is 6.46. The van der Waals surface area contributed by atoms with Crippen LogP contribution in [-0.2, 0) is 47.7 Å². The van der Waals surface area contributed by atoms with Crippen LogP contribution in [0.3, 0.4) is 0 Å². The van der Waals surface area contributed by atoms with Gasteiger partial charge < -0.3 is 39.3 Å². The number of ether oxygens (including phenoxy) is 4. The lowest BCUT2D eigenvalue weighted by Gasteiger charge is -2.64. The fourth-order valence-corrected chi connectivity index (χ4v) is 14.1. The molecule has 364 valence electrons. The fourth-order valence-electron chi connectivity index (χ4n) is 14.1. The van der Waals surface area contributed by atoms with Crippen LogP contribution in [0.2, 0.25) is 0 Å². The molecule has 1 saturated heterocycles. The number of esters is 2. The van der Waals surface area contributed by atoms with Crippen molar-refractivity contribution in [3.8, 4) is 5.75 Å². The molecule has 2 fully saturated rings. The zero-order valence-electron chi connectivity index (χ0n) is 40.2. The van der Waals surface area contributed by atoms with E-state index in [2.05, 4.69) is 75.3 Å². The Bertz CT molecular complexity index is 2790. The maximum atomic E-state index is 15.5. The van der Waals surface area contributed by atoms with Gasteiger partial charge in [0.05, 0.1) is 31.7 Å². The van der Waals surface area contributed by atoms with Crippen molar-refractivity contribution in [2.45, 2.75) is 94.1 Å². The topological polar surface area (TPSA) is 189 Å². The summed E-state index contributed by atoms with van der Waals surface area (Å²) in [6.07, 6.45) is 7.73. The molecule has 1 saturated carbocycles. The summed E-state index contributed by atoms with van der Waals surface area (Å²) in [5, 5.41) is 29.1. The number of nitrogens with one attached hydrogen (secondary N) is 2. The van der Waals surface area contributed by atoms with E-state index < -0.39 is 56.9 Å². The summed E-state index contributed by atoms with van der Waals surface area (Å²) in [6, 6.07) is 17.0. The number of benzene rings is 3. The molecular formula is C53H62N6O10. The molecule has 4 aromatic rings. The first-order valence-corrected chi connectivity index (χ1v) is 24.2. The average Bonchev–Trinajstić information content (AvgIpc) is 4.02. The van der Waals surface area contributed by atoms with Crippen LogP contribution in [-0.4, -0.2) is 127 Å². The van der Waals surface area contributed by atoms with Crippen molar-refractivity contribution in [1.82, 2.24) is 20.1 Å². The third kappa shape index (κ3) is 6.98. The van der Waals surface area contributed by atoms with Gasteiger partial charge in [0.2, 0.25) is 0 Å². The molecule has 5 aliphatic heterocycles. The van der Waals surface area contributed by atoms with Gasteiger partial charge >= 0.3 is 18.0 Å². The number of methoxy groups -OCH3 is 2. The maximum absolute atomic E-state index is 15.5. The first-order chi connectivity index (χ1) is 33.2. The molecule has 16 heteroatoms. The SMILES string of the molecule is CCC1=C[C@@H]2CN(CCc3c([nH]c4ccccc34)[C@@](C(=O)OC)(c3cc4c(cc3OC)N(C)[C@H]3C(O)(CNC(=O)OCc5ccc([N+](=O)[O-])cc5)[C@H](OC(C)=O)[C@]5(CC)C=CCN6CC[C@]43[C@@H]65)C2)C1. The monoisotopic (exact) mass is 942 g/mol. The number of aromatic nitrogens is 1. The van der Waals surface area contributed by atoms with Gasteiger partial charge in [-0.15, -0.1) is 0 Å². The highest BCUT2D eigenvalue weighted by Gasteiger charge is 2.78. The van der Waals surface area contributed by atoms with Gasteiger partial charge in [0.15, 0.2) is 0 Å². The number of amides is 1. The molecule has 2 unspecified atom stereocenters. The van der Waals surface area contributed by atoms with E-state index in [4.69, 9.17) is 18.9 Å². The maximum Gasteiger partial charge on any atom is 0.407 e. The molecule has 1 aromatic heterocycles. The lowest BCUT2D eigenvalue weighted by atomic mass is 9.47. The number of H-pyrrole nitrogens is 1. The average molecular weight is 943 g/mol. The minimum absolute atomic E-state index is 0.00889. The van der Waals surface area contributed by atoms with Gasteiger partial charge in [0.1, 0.15) is 29.5 Å². The van der Waals surface area contributed by atoms with Crippen molar-refractivity contribution in [3.05, 3.63) is 123 Å². The number of aliphatic hydroxyl groups is 1. The van der Waals surface area contributed by atoms with Gasteiger partial charge in [-0.3, -0.25) is 29.5 Å². The number of fused-ring (bicyclic) bond motifs is 6. The van der Waals surface area contributed by atoms with E-state index >= 15 is 4.79 Å². The molecule has 0 radical (unpaired) electrons. The summed E-state index contributed by atoms with van der Waals surface area (Å²) in [6.45, 7) is 8.85. The number of alkyl carbamates (subject to hydrolysis) is 1. The summed E-state index contributed by atoms with van der Waals surface area (Å²) in [4.78, 5) is 64.1. The highest BCUT2D eigenvalue weighted by atomic mass is 16.6. The van der Waals surface area contributed by atoms with Crippen molar-refractivity contribution >= 4 is 40.3 Å². The normalized spacial score (nSPS) is 30.9. The van der Waals surface area contributed by atoms with Crippen LogP contribution in [0.25, 0.3) is 10.9 Å². The third-order valence-corrected chi connectivity index (χ3v) is 16.7. The van der Waals surface area contributed by atoms with Crippen LogP contribution in [0.4, 0.5) is 16.2 Å². The Morgan fingerprint density at radius 2 is 1.81 bits per heavy atom. The number of non-ortho nitro benzene ring substituents is 1. The van der Waals surface area contributed by atoms with Crippen LogP contribution in [0.15, 0.2) is 84.5 Å². The Morgan fingerprint density at radius 3 is 2.52 bits per heavy atom. The molecule has 16 nitrogen and oxygen atoms in total. The van der Waals surface area contributed by atoms with E-state index in [1.165, 1.54) is 43.9 Å². The van der Waals surface area contributed by atoms with Crippen molar-refractivity contribution in [1.29, 1.82) is 0 Å². The summed E-state index contributed by atoms with van der Waals surface area (Å²) >= 11 is 0. The standard InChI is InChI=1S/C53H62N6O10/c1-7-33-24-35-27-52(48(61)67-6,44-38(18-22-57(28-33)29-35)37-12-9-10-13-41(37)55-44)40-25-39-42(26-43(40)66-5)56(4)46-51(39)20-23-58-21-11-19-50(8-2,45(51)58)47(69-32(3)60)53(46,63)31-54-49(62)68-30-34-14-16-36(17-15-34)59(64)65/h9-17,19,24-26,35,45-47,55,63H,7-8,18,20-23,27-31H2,1-6H3,(H,54,62)/t35-,45-,46+,47+,50+,51+,52-,53?/m0/s1. The number of likely N-dealkylation sites (N-methyl/N-ethyl adjacent to an activating group) is 1. The first-order valence-electron chi connectivity index (χ1n) is 24.2. The van der Waals surface area contributed by atoms with E-state index in [9.17, 15) is 24.8 Å². The van der Waals surface area contributed by atoms with Crippen molar-refractivity contribution in [2.24, 2.45) is 11.3 Å². The van der Waals surface area contributed by atoms with Crippen molar-refractivity contribution in [3.63, 3.8) is 0 Å². The fraction of sp³-hybridized carbons (Fsp3) is 0.491. The number of carbonyl (C=O) groups excluding carboxylic acids is 3. The number of para-hydroxylation sites is 1. The molecule has 2 bridgehead atoms. The number of hydrogen-bond acceptors (Lipinski definition) is 13. The zero-order chi connectivity index (χ0) is 48.6. The second-order valence-electron chi connectivity index (χ2n) is 20.0. The van der Waals surface area contributed by atoms with E-state index in [-0.39, 0.29) is 30.8 Å². The van der Waals surface area contributed by atoms with Crippen LogP contribution in [0.5, 0.6) is 5.75 Å². The molecule has 10 rings (SSSR count). The number of nitro benzene ring substituents is 1. The minimum atomic E-state index is -1.93. The molecule has 9 atom stereocenters. The number of carbonyl (C=O) groups is 3. The van der Waals surface area contributed by atoms with Gasteiger partial charge in [-0.2, -0.15) is 0 Å². The lowest BCUT2D eigenvalue weighted by Crippen LogP contribution is -2.81. The molecular weight excluding hydrogens is 881 g/mol. The molecule has 6 aliphatic rings. The quantitative estimate of drug-likeness (QED) is 0.0489. The number of aromatic amines is 1. The third-order valence-electron chi connectivity index (χ3n) is 16.7. The van der Waals surface area contributed by atoms with Crippen LogP contribution in [0.1, 0.15) is 74.4 Å². The molecule has 1 spiro atoms. The first kappa shape index (κ1) is 46.5. The largest absolute Gasteiger partial charge is 0.496 e. The Balaban J connectivity index is 1.16. The number of hydrogen-bond donors (Lipinski definition) is 3. The summed E-state index contributed by atoms with van der Waals surface area (Å²) in [7, 11) is 5.01. The number of anilines is 1. The van der Waals surface area contributed by atoms with E-state index in [0.717, 1.165) is 59.5 Å². The summed E-state index contributed by atoms with van der Waals surface area (Å²) in [5.74, 6) is -0.487. The molecule has 6 heterocycles. The second kappa shape index (κ2) is 17.3. The summed E-state index contributed by atoms with van der Waals surface area (Å²) < 4.78 is 24.5.